The lowest BCUT2D eigenvalue weighted by molar-refractivity contribution is 0.548. The quantitative estimate of drug-likeness (QED) is 0.722. The first-order chi connectivity index (χ1) is 6.74. The van der Waals surface area contributed by atoms with Crippen LogP contribution in [-0.4, -0.2) is 12.0 Å². The van der Waals surface area contributed by atoms with Gasteiger partial charge in [-0.1, -0.05) is 5.57 Å². The highest BCUT2D eigenvalue weighted by Gasteiger charge is 2.07. The maximum absolute atomic E-state index is 4.01. The van der Waals surface area contributed by atoms with E-state index in [2.05, 4.69) is 35.9 Å². The van der Waals surface area contributed by atoms with Gasteiger partial charge in [0.05, 0.1) is 0 Å². The van der Waals surface area contributed by atoms with Crippen LogP contribution in [0.5, 0.6) is 0 Å². The normalized spacial score (nSPS) is 12.4. The van der Waals surface area contributed by atoms with Crippen LogP contribution in [0.2, 0.25) is 0 Å². The van der Waals surface area contributed by atoms with Gasteiger partial charge in [0.15, 0.2) is 0 Å². The van der Waals surface area contributed by atoms with Crippen LogP contribution in [0.15, 0.2) is 36.7 Å². The Balaban J connectivity index is 2.58. The third-order valence-corrected chi connectivity index (χ3v) is 2.32. The van der Waals surface area contributed by atoms with Crippen molar-refractivity contribution in [3.05, 3.63) is 42.2 Å². The molecule has 0 aromatic carbocycles. The fourth-order valence-electron chi connectivity index (χ4n) is 1.46. The van der Waals surface area contributed by atoms with Gasteiger partial charge in [0.1, 0.15) is 0 Å². The van der Waals surface area contributed by atoms with E-state index in [-0.39, 0.29) is 0 Å². The fraction of sp³-hybridized carbons (Fsp3) is 0.417. The Hall–Kier alpha value is -1.15. The highest BCUT2D eigenvalue weighted by Crippen LogP contribution is 2.18. The van der Waals surface area contributed by atoms with E-state index in [9.17, 15) is 0 Å². The molecule has 1 heterocycles. The van der Waals surface area contributed by atoms with Gasteiger partial charge in [-0.3, -0.25) is 4.98 Å². The summed E-state index contributed by atoms with van der Waals surface area (Å²) in [6.07, 6.45) is 5.82. The molecule has 2 heteroatoms. The Bertz CT molecular complexity index is 280. The van der Waals surface area contributed by atoms with Gasteiger partial charge < -0.3 is 5.32 Å². The number of hydrogen-bond donors (Lipinski definition) is 1. The van der Waals surface area contributed by atoms with Gasteiger partial charge in [-0.05, 0) is 44.5 Å². The Kier molecular flexibility index (Phi) is 4.33. The molecule has 1 atom stereocenters. The van der Waals surface area contributed by atoms with Crippen LogP contribution in [0.4, 0.5) is 0 Å². The molecule has 1 aromatic rings. The maximum Gasteiger partial charge on any atom is 0.0321 e. The van der Waals surface area contributed by atoms with E-state index in [1.165, 1.54) is 11.1 Å². The standard InChI is InChI=1S/C12H18N2/c1-10(2)4-5-12(13-3)11-6-8-14-9-7-11/h6-9,12-13H,1,4-5H2,2-3H3. The van der Waals surface area contributed by atoms with Crippen molar-refractivity contribution in [3.63, 3.8) is 0 Å². The first-order valence-electron chi connectivity index (χ1n) is 4.95. The Morgan fingerprint density at radius 1 is 1.50 bits per heavy atom. The average molecular weight is 190 g/mol. The number of allylic oxidation sites excluding steroid dienone is 1. The van der Waals surface area contributed by atoms with Crippen LogP contribution in [0, 0.1) is 0 Å². The van der Waals surface area contributed by atoms with E-state index >= 15 is 0 Å². The molecule has 1 unspecified atom stereocenters. The van der Waals surface area contributed by atoms with Crippen LogP contribution >= 0.6 is 0 Å². The first-order valence-corrected chi connectivity index (χ1v) is 4.95. The molecule has 1 aromatic heterocycles. The van der Waals surface area contributed by atoms with Gasteiger partial charge in [0.2, 0.25) is 0 Å². The molecule has 0 saturated heterocycles. The van der Waals surface area contributed by atoms with Crippen molar-refractivity contribution in [3.8, 4) is 0 Å². The lowest BCUT2D eigenvalue weighted by Crippen LogP contribution is -2.16. The minimum atomic E-state index is 0.412. The van der Waals surface area contributed by atoms with Crippen LogP contribution in [0.1, 0.15) is 31.4 Å². The summed E-state index contributed by atoms with van der Waals surface area (Å²) >= 11 is 0. The van der Waals surface area contributed by atoms with Crippen LogP contribution in [0.25, 0.3) is 0 Å². The average Bonchev–Trinajstić information content (AvgIpc) is 2.20. The van der Waals surface area contributed by atoms with Gasteiger partial charge in [0.25, 0.3) is 0 Å². The number of pyridine rings is 1. The van der Waals surface area contributed by atoms with E-state index in [1.54, 1.807) is 0 Å². The zero-order valence-electron chi connectivity index (χ0n) is 8.96. The van der Waals surface area contributed by atoms with E-state index < -0.39 is 0 Å². The summed E-state index contributed by atoms with van der Waals surface area (Å²) in [6, 6.07) is 4.52. The predicted molar refractivity (Wildman–Crippen MR) is 60.1 cm³/mol. The summed E-state index contributed by atoms with van der Waals surface area (Å²) in [6.45, 7) is 5.98. The van der Waals surface area contributed by atoms with Crippen molar-refractivity contribution in [2.24, 2.45) is 0 Å². The first kappa shape index (κ1) is 10.9. The topological polar surface area (TPSA) is 24.9 Å². The summed E-state index contributed by atoms with van der Waals surface area (Å²) in [7, 11) is 1.99. The smallest absolute Gasteiger partial charge is 0.0321 e. The third kappa shape index (κ3) is 3.30. The molecule has 76 valence electrons. The summed E-state index contributed by atoms with van der Waals surface area (Å²) < 4.78 is 0. The van der Waals surface area contributed by atoms with Crippen molar-refractivity contribution in [1.29, 1.82) is 0 Å². The van der Waals surface area contributed by atoms with Gasteiger partial charge in [-0.2, -0.15) is 0 Å². The van der Waals surface area contributed by atoms with E-state index in [4.69, 9.17) is 0 Å². The summed E-state index contributed by atoms with van der Waals surface area (Å²) in [5, 5.41) is 3.30. The molecule has 0 aliphatic heterocycles. The number of aromatic nitrogens is 1. The lowest BCUT2D eigenvalue weighted by Gasteiger charge is -2.16. The molecule has 0 bridgehead atoms. The largest absolute Gasteiger partial charge is 0.313 e. The molecule has 0 aliphatic carbocycles. The van der Waals surface area contributed by atoms with Crippen molar-refractivity contribution in [2.75, 3.05) is 7.05 Å². The molecule has 14 heavy (non-hydrogen) atoms. The summed E-state index contributed by atoms with van der Waals surface area (Å²) in [4.78, 5) is 4.01. The van der Waals surface area contributed by atoms with Crippen LogP contribution in [0.3, 0.4) is 0 Å². The molecule has 0 saturated carbocycles. The highest BCUT2D eigenvalue weighted by molar-refractivity contribution is 5.15. The number of rotatable bonds is 5. The molecule has 1 rings (SSSR count). The molecular formula is C12H18N2. The van der Waals surface area contributed by atoms with Crippen LogP contribution < -0.4 is 5.32 Å². The van der Waals surface area contributed by atoms with E-state index in [1.807, 2.05) is 19.4 Å². The van der Waals surface area contributed by atoms with E-state index in [0.717, 1.165) is 12.8 Å². The van der Waals surface area contributed by atoms with Crippen LogP contribution in [-0.2, 0) is 0 Å². The molecule has 1 N–H and O–H groups in total. The third-order valence-electron chi connectivity index (χ3n) is 2.32. The second-order valence-corrected chi connectivity index (χ2v) is 3.62. The second kappa shape index (κ2) is 5.55. The second-order valence-electron chi connectivity index (χ2n) is 3.62. The van der Waals surface area contributed by atoms with Crippen molar-refractivity contribution in [2.45, 2.75) is 25.8 Å². The summed E-state index contributed by atoms with van der Waals surface area (Å²) in [5.74, 6) is 0. The zero-order chi connectivity index (χ0) is 10.4. The van der Waals surface area contributed by atoms with Crippen molar-refractivity contribution < 1.29 is 0 Å². The Labute approximate surface area is 86.1 Å². The molecular weight excluding hydrogens is 172 g/mol. The molecule has 2 nitrogen and oxygen atoms in total. The van der Waals surface area contributed by atoms with E-state index in [0.29, 0.717) is 6.04 Å². The highest BCUT2D eigenvalue weighted by atomic mass is 14.9. The number of nitrogens with zero attached hydrogens (tertiary/aromatic N) is 1. The van der Waals surface area contributed by atoms with Crippen molar-refractivity contribution in [1.82, 2.24) is 10.3 Å². The molecule has 0 fully saturated rings. The minimum Gasteiger partial charge on any atom is -0.313 e. The van der Waals surface area contributed by atoms with Gasteiger partial charge in [0, 0.05) is 18.4 Å². The molecule has 0 radical (unpaired) electrons. The summed E-state index contributed by atoms with van der Waals surface area (Å²) in [5.41, 5.74) is 2.53. The predicted octanol–water partition coefficient (Wildman–Crippen LogP) is 2.70. The number of hydrogen-bond acceptors (Lipinski definition) is 2. The fourth-order valence-corrected chi connectivity index (χ4v) is 1.46. The Morgan fingerprint density at radius 2 is 2.14 bits per heavy atom. The monoisotopic (exact) mass is 190 g/mol. The Morgan fingerprint density at radius 3 is 2.64 bits per heavy atom. The maximum atomic E-state index is 4.01. The molecule has 0 aliphatic rings. The van der Waals surface area contributed by atoms with Gasteiger partial charge in [-0.25, -0.2) is 0 Å². The minimum absolute atomic E-state index is 0.412. The SMILES string of the molecule is C=C(C)CCC(NC)c1ccncc1. The molecule has 0 spiro atoms. The zero-order valence-corrected chi connectivity index (χ0v) is 8.96. The number of nitrogens with one attached hydrogen (secondary N) is 1. The van der Waals surface area contributed by atoms with Gasteiger partial charge in [-0.15, -0.1) is 6.58 Å². The van der Waals surface area contributed by atoms with Crippen molar-refractivity contribution >= 4 is 0 Å². The lowest BCUT2D eigenvalue weighted by atomic mass is 10.0. The van der Waals surface area contributed by atoms with Gasteiger partial charge >= 0.3 is 0 Å². The molecule has 0 amide bonds.